The van der Waals surface area contributed by atoms with Crippen LogP contribution in [0.25, 0.3) is 0 Å². The van der Waals surface area contributed by atoms with Gasteiger partial charge in [0, 0.05) is 18.2 Å². The molecule has 0 radical (unpaired) electrons. The molecule has 0 bridgehead atoms. The van der Waals surface area contributed by atoms with Gasteiger partial charge in [-0.15, -0.1) is 0 Å². The lowest BCUT2D eigenvalue weighted by Crippen LogP contribution is -2.50. The lowest BCUT2D eigenvalue weighted by Gasteiger charge is -2.43. The fourth-order valence-electron chi connectivity index (χ4n) is 4.18. The molecule has 6 heteroatoms. The second-order valence-electron chi connectivity index (χ2n) is 9.20. The van der Waals surface area contributed by atoms with Crippen LogP contribution in [0.4, 0.5) is 4.79 Å². The van der Waals surface area contributed by atoms with E-state index in [1.165, 1.54) is 4.90 Å². The summed E-state index contributed by atoms with van der Waals surface area (Å²) in [6.07, 6.45) is 2.52. The second kappa shape index (κ2) is 8.70. The number of carbonyl (C=O) groups is 2. The third kappa shape index (κ3) is 5.19. The molecule has 150 valence electrons. The Morgan fingerprint density at radius 2 is 1.69 bits per heavy atom. The van der Waals surface area contributed by atoms with Crippen molar-refractivity contribution in [2.75, 3.05) is 6.61 Å². The molecule has 1 aliphatic heterocycles. The Hall–Kier alpha value is -1.14. The molecule has 5 nitrogen and oxygen atoms in total. The summed E-state index contributed by atoms with van der Waals surface area (Å²) in [7, 11) is -2.03. The number of carbonyl (C=O) groups excluding carboxylic acids is 2. The average Bonchev–Trinajstić information content (AvgIpc) is 2.88. The zero-order chi connectivity index (χ0) is 20.3. The molecule has 0 fully saturated rings. The summed E-state index contributed by atoms with van der Waals surface area (Å²) in [5, 5.41) is 0. The summed E-state index contributed by atoms with van der Waals surface area (Å²) in [5.41, 5.74) is 1.44. The Morgan fingerprint density at radius 1 is 1.19 bits per heavy atom. The van der Waals surface area contributed by atoms with Crippen LogP contribution in [-0.4, -0.2) is 43.8 Å². The van der Waals surface area contributed by atoms with Crippen LogP contribution < -0.4 is 0 Å². The Bertz CT molecular complexity index is 513. The van der Waals surface area contributed by atoms with Crippen LogP contribution >= 0.6 is 0 Å². The third-order valence-corrected chi connectivity index (χ3v) is 11.2. The Balaban J connectivity index is 2.98. The van der Waals surface area contributed by atoms with E-state index < -0.39 is 20.0 Å². The van der Waals surface area contributed by atoms with E-state index in [1.54, 1.807) is 6.20 Å². The van der Waals surface area contributed by atoms with Crippen molar-refractivity contribution in [1.82, 2.24) is 4.90 Å². The third-order valence-electron chi connectivity index (χ3n) is 5.16. The Labute approximate surface area is 160 Å². The molecule has 26 heavy (non-hydrogen) atoms. The molecule has 0 spiro atoms. The SMILES string of the molecule is CC(C)[Si](OC[C@H]1CC(C=O)=CN1C(=O)OC(C)(C)C)(C(C)C)C(C)C. The molecule has 0 saturated carbocycles. The molecule has 0 aromatic carbocycles. The van der Waals surface area contributed by atoms with Gasteiger partial charge in [-0.2, -0.15) is 0 Å². The molecule has 0 N–H and O–H groups in total. The van der Waals surface area contributed by atoms with E-state index in [4.69, 9.17) is 9.16 Å². The summed E-state index contributed by atoms with van der Waals surface area (Å²) >= 11 is 0. The zero-order valence-corrected chi connectivity index (χ0v) is 19.0. The first-order valence-electron chi connectivity index (χ1n) is 9.66. The van der Waals surface area contributed by atoms with Crippen LogP contribution in [0.3, 0.4) is 0 Å². The molecular weight excluding hydrogens is 346 g/mol. The minimum atomic E-state index is -2.03. The number of ether oxygens (including phenoxy) is 1. The van der Waals surface area contributed by atoms with Crippen molar-refractivity contribution in [2.45, 2.75) is 97.0 Å². The van der Waals surface area contributed by atoms with Crippen molar-refractivity contribution in [1.29, 1.82) is 0 Å². The molecule has 0 aromatic heterocycles. The quantitative estimate of drug-likeness (QED) is 0.444. The largest absolute Gasteiger partial charge is 0.443 e. The highest BCUT2D eigenvalue weighted by atomic mass is 28.4. The van der Waals surface area contributed by atoms with Crippen molar-refractivity contribution in [2.24, 2.45) is 0 Å². The van der Waals surface area contributed by atoms with Gasteiger partial charge in [-0.05, 0) is 37.4 Å². The summed E-state index contributed by atoms with van der Waals surface area (Å²) in [6, 6.07) is -0.187. The lowest BCUT2D eigenvalue weighted by atomic mass is 10.1. The van der Waals surface area contributed by atoms with Gasteiger partial charge >= 0.3 is 6.09 Å². The monoisotopic (exact) mass is 383 g/mol. The van der Waals surface area contributed by atoms with E-state index in [1.807, 2.05) is 20.8 Å². The Kier molecular flexibility index (Phi) is 7.66. The Morgan fingerprint density at radius 3 is 2.08 bits per heavy atom. The number of hydrogen-bond acceptors (Lipinski definition) is 4. The van der Waals surface area contributed by atoms with Crippen LogP contribution in [-0.2, 0) is 14.0 Å². The molecular formula is C20H37NO4Si. The fourth-order valence-corrected chi connectivity index (χ4v) is 9.66. The van der Waals surface area contributed by atoms with Gasteiger partial charge in [-0.25, -0.2) is 4.79 Å². The van der Waals surface area contributed by atoms with Crippen molar-refractivity contribution in [3.8, 4) is 0 Å². The van der Waals surface area contributed by atoms with E-state index in [2.05, 4.69) is 41.5 Å². The normalized spacial score (nSPS) is 18.7. The lowest BCUT2D eigenvalue weighted by molar-refractivity contribution is -0.105. The second-order valence-corrected chi connectivity index (χ2v) is 14.7. The predicted molar refractivity (Wildman–Crippen MR) is 108 cm³/mol. The van der Waals surface area contributed by atoms with Crippen LogP contribution in [0.2, 0.25) is 16.6 Å². The maximum Gasteiger partial charge on any atom is 0.414 e. The van der Waals surface area contributed by atoms with Gasteiger partial charge in [0.25, 0.3) is 0 Å². The fraction of sp³-hybridized carbons (Fsp3) is 0.800. The van der Waals surface area contributed by atoms with Gasteiger partial charge in [-0.3, -0.25) is 9.69 Å². The smallest absolute Gasteiger partial charge is 0.414 e. The summed E-state index contributed by atoms with van der Waals surface area (Å²) in [5.74, 6) is 0. The van der Waals surface area contributed by atoms with E-state index in [9.17, 15) is 9.59 Å². The van der Waals surface area contributed by atoms with Gasteiger partial charge in [0.05, 0.1) is 12.6 Å². The molecule has 1 atom stereocenters. The summed E-state index contributed by atoms with van der Waals surface area (Å²) in [4.78, 5) is 25.3. The van der Waals surface area contributed by atoms with Crippen molar-refractivity contribution in [3.63, 3.8) is 0 Å². The first kappa shape index (κ1) is 22.9. The highest BCUT2D eigenvalue weighted by molar-refractivity contribution is 6.77. The molecule has 0 aromatic rings. The number of hydrogen-bond donors (Lipinski definition) is 0. The minimum Gasteiger partial charge on any atom is -0.443 e. The predicted octanol–water partition coefficient (Wildman–Crippen LogP) is 5.27. The number of amides is 1. The van der Waals surface area contributed by atoms with Crippen LogP contribution in [0.15, 0.2) is 11.8 Å². The number of rotatable bonds is 7. The van der Waals surface area contributed by atoms with Gasteiger partial charge in [-0.1, -0.05) is 41.5 Å². The maximum absolute atomic E-state index is 12.6. The number of nitrogens with zero attached hydrogens (tertiary/aromatic N) is 1. The molecule has 1 aliphatic rings. The summed E-state index contributed by atoms with van der Waals surface area (Å²) in [6.45, 7) is 19.4. The molecule has 1 amide bonds. The van der Waals surface area contributed by atoms with Crippen LogP contribution in [0.1, 0.15) is 68.7 Å². The van der Waals surface area contributed by atoms with E-state index in [-0.39, 0.29) is 6.04 Å². The van der Waals surface area contributed by atoms with Gasteiger partial charge in [0.1, 0.15) is 11.9 Å². The first-order valence-corrected chi connectivity index (χ1v) is 11.8. The topological polar surface area (TPSA) is 55.8 Å². The summed E-state index contributed by atoms with van der Waals surface area (Å²) < 4.78 is 12.1. The van der Waals surface area contributed by atoms with Crippen molar-refractivity contribution >= 4 is 20.7 Å². The zero-order valence-electron chi connectivity index (χ0n) is 18.0. The van der Waals surface area contributed by atoms with Gasteiger partial charge < -0.3 is 9.16 Å². The van der Waals surface area contributed by atoms with E-state index >= 15 is 0 Å². The van der Waals surface area contributed by atoms with Crippen molar-refractivity contribution < 1.29 is 18.8 Å². The molecule has 0 unspecified atom stereocenters. The average molecular weight is 384 g/mol. The van der Waals surface area contributed by atoms with Gasteiger partial charge in [0.2, 0.25) is 0 Å². The highest BCUT2D eigenvalue weighted by Gasteiger charge is 2.46. The standard InChI is InChI=1S/C20H37NO4Si/c1-14(2)26(15(3)4,16(5)6)24-13-18-10-17(12-22)11-21(18)19(23)25-20(7,8)9/h11-12,14-16,18H,10,13H2,1-9H3/t18-/m1/s1. The molecule has 0 aliphatic carbocycles. The van der Waals surface area contributed by atoms with E-state index in [0.717, 1.165) is 6.29 Å². The van der Waals surface area contributed by atoms with Crippen LogP contribution in [0, 0.1) is 0 Å². The number of aldehydes is 1. The minimum absolute atomic E-state index is 0.187. The maximum atomic E-state index is 12.6. The van der Waals surface area contributed by atoms with E-state index in [0.29, 0.717) is 35.2 Å². The molecule has 1 rings (SSSR count). The van der Waals surface area contributed by atoms with Gasteiger partial charge in [0.15, 0.2) is 8.32 Å². The molecule has 0 saturated heterocycles. The first-order chi connectivity index (χ1) is 11.8. The van der Waals surface area contributed by atoms with Crippen LogP contribution in [0.5, 0.6) is 0 Å². The van der Waals surface area contributed by atoms with Crippen molar-refractivity contribution in [3.05, 3.63) is 11.8 Å². The highest BCUT2D eigenvalue weighted by Crippen LogP contribution is 2.42. The molecule has 1 heterocycles.